The van der Waals surface area contributed by atoms with Crippen LogP contribution in [0.25, 0.3) is 0 Å². The maximum Gasteiger partial charge on any atom is 0.425 e. The largest absolute Gasteiger partial charge is 0.464 e. The van der Waals surface area contributed by atoms with Crippen LogP contribution in [0.2, 0.25) is 5.02 Å². The minimum Gasteiger partial charge on any atom is -0.464 e. The van der Waals surface area contributed by atoms with Crippen LogP contribution in [0.15, 0.2) is 6.33 Å². The number of nitrogen functional groups attached to an aromatic ring is 1. The smallest absolute Gasteiger partial charge is 0.425 e. The normalized spacial score (nSPS) is 13.7. The van der Waals surface area contributed by atoms with E-state index < -0.39 is 12.3 Å². The van der Waals surface area contributed by atoms with E-state index in [0.29, 0.717) is 0 Å². The van der Waals surface area contributed by atoms with Crippen molar-refractivity contribution in [3.8, 4) is 5.88 Å². The van der Waals surface area contributed by atoms with E-state index in [4.69, 9.17) is 17.3 Å². The van der Waals surface area contributed by atoms with Crippen molar-refractivity contribution >= 4 is 17.4 Å². The third kappa shape index (κ3) is 2.85. The Bertz CT molecular complexity index is 358. The molecule has 0 fully saturated rings. The van der Waals surface area contributed by atoms with Crippen LogP contribution in [0.4, 0.5) is 19.0 Å². The molecule has 0 aliphatic carbocycles. The van der Waals surface area contributed by atoms with Gasteiger partial charge in [-0.15, -0.1) is 0 Å². The molecule has 1 atom stereocenters. The van der Waals surface area contributed by atoms with E-state index in [-0.39, 0.29) is 16.7 Å². The van der Waals surface area contributed by atoms with E-state index in [1.807, 2.05) is 0 Å². The molecule has 1 aromatic heterocycles. The molecular weight excluding hydrogens is 235 g/mol. The van der Waals surface area contributed by atoms with Crippen LogP contribution < -0.4 is 10.5 Å². The zero-order valence-electron chi connectivity index (χ0n) is 7.55. The molecule has 0 saturated carbocycles. The number of ether oxygens (including phenoxy) is 1. The van der Waals surface area contributed by atoms with Gasteiger partial charge in [-0.25, -0.2) is 9.97 Å². The van der Waals surface area contributed by atoms with Crippen LogP contribution in [-0.4, -0.2) is 22.2 Å². The Morgan fingerprint density at radius 3 is 2.60 bits per heavy atom. The van der Waals surface area contributed by atoms with E-state index in [1.54, 1.807) is 0 Å². The number of anilines is 1. The topological polar surface area (TPSA) is 61.0 Å². The minimum absolute atomic E-state index is 0.129. The van der Waals surface area contributed by atoms with Crippen molar-refractivity contribution in [3.63, 3.8) is 0 Å². The molecule has 2 N–H and O–H groups in total. The van der Waals surface area contributed by atoms with Gasteiger partial charge in [0.2, 0.25) is 5.88 Å². The molecule has 84 valence electrons. The maximum absolute atomic E-state index is 12.1. The van der Waals surface area contributed by atoms with E-state index in [9.17, 15) is 13.2 Å². The SMILES string of the molecule is CC(Oc1ncnc(N)c1Cl)C(F)(F)F. The van der Waals surface area contributed by atoms with Crippen molar-refractivity contribution in [2.45, 2.75) is 19.2 Å². The lowest BCUT2D eigenvalue weighted by atomic mass is 10.4. The van der Waals surface area contributed by atoms with Crippen LogP contribution in [0.1, 0.15) is 6.92 Å². The van der Waals surface area contributed by atoms with Gasteiger partial charge in [0.15, 0.2) is 6.10 Å². The summed E-state index contributed by atoms with van der Waals surface area (Å²) in [7, 11) is 0. The standard InChI is InChI=1S/C7H7ClF3N3O/c1-3(7(9,10)11)15-6-4(8)5(12)13-2-14-6/h2-3H,1H3,(H2,12,13,14). The zero-order chi connectivity index (χ0) is 11.6. The highest BCUT2D eigenvalue weighted by molar-refractivity contribution is 6.33. The number of hydrogen-bond donors (Lipinski definition) is 1. The third-order valence-corrected chi connectivity index (χ3v) is 1.89. The molecule has 1 heterocycles. The second-order valence-corrected chi connectivity index (χ2v) is 3.06. The van der Waals surface area contributed by atoms with Crippen molar-refractivity contribution in [3.05, 3.63) is 11.3 Å². The van der Waals surface area contributed by atoms with Crippen molar-refractivity contribution in [1.82, 2.24) is 9.97 Å². The van der Waals surface area contributed by atoms with Crippen LogP contribution in [0, 0.1) is 0 Å². The summed E-state index contributed by atoms with van der Waals surface area (Å²) >= 11 is 5.55. The monoisotopic (exact) mass is 241 g/mol. The van der Waals surface area contributed by atoms with Crippen LogP contribution in [0.5, 0.6) is 5.88 Å². The Balaban J connectivity index is 2.86. The molecule has 0 aliphatic rings. The first-order valence-corrected chi connectivity index (χ1v) is 4.19. The second-order valence-electron chi connectivity index (χ2n) is 2.68. The molecule has 0 spiro atoms. The van der Waals surface area contributed by atoms with E-state index in [1.165, 1.54) is 0 Å². The highest BCUT2D eigenvalue weighted by atomic mass is 35.5. The molecule has 15 heavy (non-hydrogen) atoms. The fourth-order valence-corrected chi connectivity index (χ4v) is 0.825. The molecule has 1 rings (SSSR count). The second kappa shape index (κ2) is 4.09. The summed E-state index contributed by atoms with van der Waals surface area (Å²) in [6.45, 7) is 0.842. The number of aromatic nitrogens is 2. The van der Waals surface area contributed by atoms with E-state index >= 15 is 0 Å². The first kappa shape index (κ1) is 11.8. The lowest BCUT2D eigenvalue weighted by Crippen LogP contribution is -2.31. The molecular formula is C7H7ClF3N3O. The zero-order valence-corrected chi connectivity index (χ0v) is 8.30. The number of nitrogens with two attached hydrogens (primary N) is 1. The summed E-state index contributed by atoms with van der Waals surface area (Å²) in [5.74, 6) is -0.509. The highest BCUT2D eigenvalue weighted by Gasteiger charge is 2.38. The predicted molar refractivity (Wildman–Crippen MR) is 47.6 cm³/mol. The van der Waals surface area contributed by atoms with Gasteiger partial charge in [-0.05, 0) is 6.92 Å². The average Bonchev–Trinajstić information content (AvgIpc) is 2.11. The fraction of sp³-hybridized carbons (Fsp3) is 0.429. The van der Waals surface area contributed by atoms with Gasteiger partial charge in [-0.3, -0.25) is 0 Å². The number of halogens is 4. The molecule has 0 saturated heterocycles. The molecule has 0 aliphatic heterocycles. The number of alkyl halides is 3. The molecule has 0 radical (unpaired) electrons. The summed E-state index contributed by atoms with van der Waals surface area (Å²) in [5, 5.41) is -0.228. The molecule has 1 aromatic rings. The molecule has 1 unspecified atom stereocenters. The van der Waals surface area contributed by atoms with Crippen LogP contribution >= 0.6 is 11.6 Å². The molecule has 0 amide bonds. The molecule has 4 nitrogen and oxygen atoms in total. The van der Waals surface area contributed by atoms with Crippen molar-refractivity contribution < 1.29 is 17.9 Å². The van der Waals surface area contributed by atoms with Gasteiger partial charge in [0.05, 0.1) is 0 Å². The third-order valence-electron chi connectivity index (χ3n) is 1.53. The summed E-state index contributed by atoms with van der Waals surface area (Å²) in [6, 6.07) is 0. The predicted octanol–water partition coefficient (Wildman–Crippen LogP) is 2.04. The van der Waals surface area contributed by atoms with Crippen molar-refractivity contribution in [2.24, 2.45) is 0 Å². The van der Waals surface area contributed by atoms with Gasteiger partial charge < -0.3 is 10.5 Å². The lowest BCUT2D eigenvalue weighted by Gasteiger charge is -2.17. The van der Waals surface area contributed by atoms with Gasteiger partial charge in [-0.1, -0.05) is 11.6 Å². The average molecular weight is 242 g/mol. The maximum atomic E-state index is 12.1. The van der Waals surface area contributed by atoms with Crippen LogP contribution in [-0.2, 0) is 0 Å². The Labute approximate surface area is 88.2 Å². The first-order chi connectivity index (χ1) is 6.82. The minimum atomic E-state index is -4.48. The van der Waals surface area contributed by atoms with Gasteiger partial charge in [0.1, 0.15) is 17.2 Å². The van der Waals surface area contributed by atoms with Crippen molar-refractivity contribution in [1.29, 1.82) is 0 Å². The van der Waals surface area contributed by atoms with Crippen molar-refractivity contribution in [2.75, 3.05) is 5.73 Å². The number of hydrogen-bond acceptors (Lipinski definition) is 4. The summed E-state index contributed by atoms with van der Waals surface area (Å²) in [6.07, 6.45) is -5.52. The summed E-state index contributed by atoms with van der Waals surface area (Å²) in [4.78, 5) is 6.93. The first-order valence-electron chi connectivity index (χ1n) is 3.81. The van der Waals surface area contributed by atoms with Gasteiger partial charge in [0, 0.05) is 0 Å². The summed E-state index contributed by atoms with van der Waals surface area (Å²) in [5.41, 5.74) is 5.26. The quantitative estimate of drug-likeness (QED) is 0.861. The Morgan fingerprint density at radius 1 is 1.47 bits per heavy atom. The molecule has 0 aromatic carbocycles. The lowest BCUT2D eigenvalue weighted by molar-refractivity contribution is -0.189. The number of rotatable bonds is 2. The van der Waals surface area contributed by atoms with Gasteiger partial charge >= 0.3 is 6.18 Å². The fourth-order valence-electron chi connectivity index (χ4n) is 0.683. The van der Waals surface area contributed by atoms with Crippen LogP contribution in [0.3, 0.4) is 0 Å². The highest BCUT2D eigenvalue weighted by Crippen LogP contribution is 2.30. The summed E-state index contributed by atoms with van der Waals surface area (Å²) < 4.78 is 40.9. The molecule has 0 bridgehead atoms. The van der Waals surface area contributed by atoms with Gasteiger partial charge in [-0.2, -0.15) is 13.2 Å². The Morgan fingerprint density at radius 2 is 2.07 bits per heavy atom. The Hall–Kier alpha value is -1.24. The van der Waals surface area contributed by atoms with E-state index in [0.717, 1.165) is 13.3 Å². The Kier molecular flexibility index (Phi) is 3.23. The molecule has 8 heteroatoms. The van der Waals surface area contributed by atoms with Gasteiger partial charge in [0.25, 0.3) is 0 Å². The van der Waals surface area contributed by atoms with E-state index in [2.05, 4.69) is 14.7 Å². The number of nitrogens with zero attached hydrogens (tertiary/aromatic N) is 2.